The summed E-state index contributed by atoms with van der Waals surface area (Å²) < 4.78 is 0. The van der Waals surface area contributed by atoms with Crippen molar-refractivity contribution in [3.8, 4) is 0 Å². The number of aromatic nitrogens is 4. The highest BCUT2D eigenvalue weighted by Gasteiger charge is 2.18. The van der Waals surface area contributed by atoms with E-state index >= 15 is 0 Å². The van der Waals surface area contributed by atoms with Crippen molar-refractivity contribution in [1.29, 1.82) is 0 Å². The number of likely N-dealkylation sites (N-methyl/N-ethyl adjacent to an activating group) is 1. The molecule has 0 atom stereocenters. The predicted octanol–water partition coefficient (Wildman–Crippen LogP) is 3.89. The molecule has 3 N–H and O–H groups in total. The number of benzene rings is 1. The minimum absolute atomic E-state index is 0.0328. The summed E-state index contributed by atoms with van der Waals surface area (Å²) in [5.41, 5.74) is 1.77. The molecule has 1 aliphatic rings. The number of H-pyrrole nitrogens is 1. The van der Waals surface area contributed by atoms with E-state index < -0.39 is 0 Å². The van der Waals surface area contributed by atoms with Gasteiger partial charge in [-0.1, -0.05) is 6.92 Å². The van der Waals surface area contributed by atoms with Gasteiger partial charge in [-0.25, -0.2) is 9.97 Å². The molecule has 0 bridgehead atoms. The molecule has 3 heterocycles. The molecule has 1 aliphatic heterocycles. The van der Waals surface area contributed by atoms with Crippen molar-refractivity contribution in [2.45, 2.75) is 36.7 Å². The van der Waals surface area contributed by atoms with E-state index in [-0.39, 0.29) is 5.91 Å². The van der Waals surface area contributed by atoms with Crippen molar-refractivity contribution in [3.63, 3.8) is 0 Å². The molecular weight excluding hydrogens is 436 g/mol. The van der Waals surface area contributed by atoms with Gasteiger partial charge in [0.25, 0.3) is 0 Å². The topological polar surface area (TPSA) is 102 Å². The van der Waals surface area contributed by atoms with Crippen molar-refractivity contribution in [1.82, 2.24) is 25.1 Å². The quantitative estimate of drug-likeness (QED) is 0.430. The highest BCUT2D eigenvalue weighted by Crippen LogP contribution is 2.30. The summed E-state index contributed by atoms with van der Waals surface area (Å²) >= 11 is 1.49. The van der Waals surface area contributed by atoms with E-state index in [0.29, 0.717) is 17.4 Å². The second-order valence-electron chi connectivity index (χ2n) is 8.17. The maximum absolute atomic E-state index is 11.8. The van der Waals surface area contributed by atoms with E-state index in [1.807, 2.05) is 50.2 Å². The van der Waals surface area contributed by atoms with E-state index in [2.05, 4.69) is 37.7 Å². The second kappa shape index (κ2) is 10.7. The van der Waals surface area contributed by atoms with Gasteiger partial charge in [0, 0.05) is 61.0 Å². The lowest BCUT2D eigenvalue weighted by molar-refractivity contribution is -0.116. The van der Waals surface area contributed by atoms with Gasteiger partial charge in [0.1, 0.15) is 11.6 Å². The number of amides is 1. The van der Waals surface area contributed by atoms with Gasteiger partial charge >= 0.3 is 0 Å². The zero-order valence-corrected chi connectivity index (χ0v) is 20.1. The summed E-state index contributed by atoms with van der Waals surface area (Å²) in [6.07, 6.45) is 1.35. The van der Waals surface area contributed by atoms with Crippen LogP contribution in [0, 0.1) is 6.92 Å². The van der Waals surface area contributed by atoms with E-state index in [0.717, 1.165) is 60.5 Å². The van der Waals surface area contributed by atoms with Crippen LogP contribution in [0.2, 0.25) is 0 Å². The Morgan fingerprint density at radius 1 is 1.09 bits per heavy atom. The minimum Gasteiger partial charge on any atom is -0.354 e. The Morgan fingerprint density at radius 2 is 1.85 bits per heavy atom. The van der Waals surface area contributed by atoms with E-state index in [1.165, 1.54) is 11.8 Å². The number of rotatable bonds is 8. The SMILES string of the molecule is CCCC(=O)Nc1ccc(Sc2nc(Nc3cc(C)[nH]n3)cc(N3CCN(C)CC3)n2)cc1. The maximum atomic E-state index is 11.8. The molecule has 9 nitrogen and oxygen atoms in total. The lowest BCUT2D eigenvalue weighted by Crippen LogP contribution is -2.44. The Bertz CT molecular complexity index is 1080. The summed E-state index contributed by atoms with van der Waals surface area (Å²) in [5, 5.41) is 14.1. The van der Waals surface area contributed by atoms with Gasteiger partial charge in [-0.05, 0) is 56.4 Å². The lowest BCUT2D eigenvalue weighted by Gasteiger charge is -2.33. The normalized spacial score (nSPS) is 14.3. The summed E-state index contributed by atoms with van der Waals surface area (Å²) in [6.45, 7) is 7.79. The molecule has 2 aromatic heterocycles. The van der Waals surface area contributed by atoms with Crippen LogP contribution < -0.4 is 15.5 Å². The molecule has 1 saturated heterocycles. The smallest absolute Gasteiger partial charge is 0.224 e. The van der Waals surface area contributed by atoms with Crippen molar-refractivity contribution < 1.29 is 4.79 Å². The van der Waals surface area contributed by atoms with Crippen LogP contribution in [0.4, 0.5) is 23.1 Å². The van der Waals surface area contributed by atoms with Gasteiger partial charge in [-0.15, -0.1) is 0 Å². The molecule has 10 heteroatoms. The molecule has 0 radical (unpaired) electrons. The molecule has 1 amide bonds. The molecule has 1 aromatic carbocycles. The Kier molecular flexibility index (Phi) is 7.46. The van der Waals surface area contributed by atoms with E-state index in [4.69, 9.17) is 9.97 Å². The van der Waals surface area contributed by atoms with Crippen molar-refractivity contribution in [2.75, 3.05) is 48.8 Å². The van der Waals surface area contributed by atoms with Crippen molar-refractivity contribution in [2.24, 2.45) is 0 Å². The number of carbonyl (C=O) groups excluding carboxylic acids is 1. The van der Waals surface area contributed by atoms with Crippen molar-refractivity contribution >= 4 is 40.8 Å². The fourth-order valence-corrected chi connectivity index (χ4v) is 4.26. The third-order valence-corrected chi connectivity index (χ3v) is 6.18. The Balaban J connectivity index is 1.53. The maximum Gasteiger partial charge on any atom is 0.224 e. The summed E-state index contributed by atoms with van der Waals surface area (Å²) in [7, 11) is 2.14. The molecule has 1 fully saturated rings. The Hall–Kier alpha value is -3.11. The summed E-state index contributed by atoms with van der Waals surface area (Å²) in [4.78, 5) is 27.0. The number of aromatic amines is 1. The molecule has 33 heavy (non-hydrogen) atoms. The fraction of sp³-hybridized carbons (Fsp3) is 0.391. The first-order valence-corrected chi connectivity index (χ1v) is 12.0. The number of carbonyl (C=O) groups is 1. The van der Waals surface area contributed by atoms with Crippen LogP contribution in [0.15, 0.2) is 46.5 Å². The van der Waals surface area contributed by atoms with Crippen LogP contribution in [-0.2, 0) is 4.79 Å². The monoisotopic (exact) mass is 466 g/mol. The Labute approximate surface area is 198 Å². The van der Waals surface area contributed by atoms with Crippen molar-refractivity contribution in [3.05, 3.63) is 42.1 Å². The standard InChI is InChI=1S/C23H30N8OS/c1-4-5-22(32)24-17-6-8-18(9-7-17)33-23-26-19(25-20-14-16(2)28-29-20)15-21(27-23)31-12-10-30(3)11-13-31/h6-9,14-15H,4-5,10-13H2,1-3H3,(H,24,32)(H2,25,26,27,28,29). The first-order valence-electron chi connectivity index (χ1n) is 11.2. The number of nitrogens with one attached hydrogen (secondary N) is 3. The number of piperazine rings is 1. The van der Waals surface area contributed by atoms with E-state index in [9.17, 15) is 4.79 Å². The van der Waals surface area contributed by atoms with Crippen LogP contribution in [0.3, 0.4) is 0 Å². The van der Waals surface area contributed by atoms with E-state index in [1.54, 1.807) is 0 Å². The minimum atomic E-state index is 0.0328. The van der Waals surface area contributed by atoms with Crippen LogP contribution >= 0.6 is 11.8 Å². The third kappa shape index (κ3) is 6.45. The first-order chi connectivity index (χ1) is 16.0. The highest BCUT2D eigenvalue weighted by atomic mass is 32.2. The number of hydrogen-bond donors (Lipinski definition) is 3. The second-order valence-corrected chi connectivity index (χ2v) is 9.21. The lowest BCUT2D eigenvalue weighted by atomic mass is 10.3. The fourth-order valence-electron chi connectivity index (χ4n) is 3.50. The average molecular weight is 467 g/mol. The van der Waals surface area contributed by atoms with Crippen LogP contribution in [0.1, 0.15) is 25.5 Å². The Morgan fingerprint density at radius 3 is 2.52 bits per heavy atom. The van der Waals surface area contributed by atoms with Crippen LogP contribution in [0.25, 0.3) is 0 Å². The van der Waals surface area contributed by atoms with Gasteiger partial charge in [0.2, 0.25) is 5.91 Å². The number of aryl methyl sites for hydroxylation is 1. The molecular formula is C23H30N8OS. The number of hydrogen-bond acceptors (Lipinski definition) is 8. The first kappa shape index (κ1) is 23.1. The number of nitrogens with zero attached hydrogens (tertiary/aromatic N) is 5. The largest absolute Gasteiger partial charge is 0.354 e. The molecule has 0 spiro atoms. The van der Waals surface area contributed by atoms with Gasteiger partial charge in [-0.2, -0.15) is 5.10 Å². The molecule has 3 aromatic rings. The molecule has 0 saturated carbocycles. The molecule has 4 rings (SSSR count). The third-order valence-electron chi connectivity index (χ3n) is 5.31. The predicted molar refractivity (Wildman–Crippen MR) is 132 cm³/mol. The van der Waals surface area contributed by atoms with Gasteiger partial charge in [0.15, 0.2) is 11.0 Å². The average Bonchev–Trinajstić information content (AvgIpc) is 3.20. The molecule has 0 aliphatic carbocycles. The zero-order chi connectivity index (χ0) is 23.2. The van der Waals surface area contributed by atoms with Gasteiger partial charge in [-0.3, -0.25) is 9.89 Å². The molecule has 0 unspecified atom stereocenters. The summed E-state index contributed by atoms with van der Waals surface area (Å²) in [5.74, 6) is 2.36. The van der Waals surface area contributed by atoms with Gasteiger partial charge < -0.3 is 20.4 Å². The van der Waals surface area contributed by atoms with Crippen LogP contribution in [-0.4, -0.2) is 64.2 Å². The summed E-state index contributed by atoms with van der Waals surface area (Å²) in [6, 6.07) is 11.7. The zero-order valence-electron chi connectivity index (χ0n) is 19.3. The molecule has 174 valence electrons. The highest BCUT2D eigenvalue weighted by molar-refractivity contribution is 7.99. The van der Waals surface area contributed by atoms with Crippen LogP contribution in [0.5, 0.6) is 0 Å². The van der Waals surface area contributed by atoms with Gasteiger partial charge in [0.05, 0.1) is 0 Å². The number of anilines is 4.